The smallest absolute Gasteiger partial charge is 0.224 e. The minimum absolute atomic E-state index is 0.0193. The van der Waals surface area contributed by atoms with Crippen LogP contribution in [0.15, 0.2) is 0 Å². The van der Waals surface area contributed by atoms with Gasteiger partial charge in [0.15, 0.2) is 0 Å². The average Bonchev–Trinajstić information content (AvgIpc) is 3.21. The Balaban J connectivity index is 1.77. The van der Waals surface area contributed by atoms with E-state index in [0.717, 1.165) is 31.9 Å². The normalized spacial score (nSPS) is 27.6. The van der Waals surface area contributed by atoms with Crippen molar-refractivity contribution in [3.05, 3.63) is 0 Å². The average molecular weight is 345 g/mol. The molecule has 0 unspecified atom stereocenters. The first-order valence-corrected chi connectivity index (χ1v) is 10.2. The Labute approximate surface area is 138 Å². The summed E-state index contributed by atoms with van der Waals surface area (Å²) in [5.41, 5.74) is 0. The Kier molecular flexibility index (Phi) is 6.02. The van der Waals surface area contributed by atoms with Crippen LogP contribution in [0.5, 0.6) is 0 Å². The van der Waals surface area contributed by atoms with E-state index < -0.39 is 10.0 Å². The van der Waals surface area contributed by atoms with E-state index in [1.165, 1.54) is 0 Å². The number of carbonyl (C=O) groups excluding carboxylic acids is 2. The van der Waals surface area contributed by atoms with Gasteiger partial charge in [-0.05, 0) is 31.6 Å². The van der Waals surface area contributed by atoms with Crippen LogP contribution in [0.2, 0.25) is 0 Å². The zero-order valence-corrected chi connectivity index (χ0v) is 14.7. The summed E-state index contributed by atoms with van der Waals surface area (Å²) in [7, 11) is -3.25. The van der Waals surface area contributed by atoms with Crippen molar-refractivity contribution in [1.82, 2.24) is 14.9 Å². The number of hydrogen-bond donors (Lipinski definition) is 2. The topological polar surface area (TPSA) is 95.6 Å². The quantitative estimate of drug-likeness (QED) is 0.683. The van der Waals surface area contributed by atoms with Gasteiger partial charge in [-0.2, -0.15) is 0 Å². The number of nitrogens with zero attached hydrogens (tertiary/aromatic N) is 1. The van der Waals surface area contributed by atoms with Crippen LogP contribution in [-0.2, 0) is 19.6 Å². The first-order chi connectivity index (χ1) is 10.8. The highest BCUT2D eigenvalue weighted by molar-refractivity contribution is 7.88. The minimum Gasteiger partial charge on any atom is -0.355 e. The van der Waals surface area contributed by atoms with Crippen molar-refractivity contribution in [3.8, 4) is 0 Å². The Hall–Kier alpha value is -1.15. The van der Waals surface area contributed by atoms with Gasteiger partial charge >= 0.3 is 0 Å². The van der Waals surface area contributed by atoms with Crippen molar-refractivity contribution in [2.75, 3.05) is 25.9 Å². The highest BCUT2D eigenvalue weighted by atomic mass is 32.2. The predicted octanol–water partition coefficient (Wildman–Crippen LogP) is 0.0790. The Bertz CT molecular complexity index is 549. The van der Waals surface area contributed by atoms with E-state index in [1.807, 2.05) is 6.92 Å². The van der Waals surface area contributed by atoms with Gasteiger partial charge in [0.05, 0.1) is 6.26 Å². The van der Waals surface area contributed by atoms with Crippen LogP contribution >= 0.6 is 0 Å². The molecule has 3 atom stereocenters. The molecule has 2 amide bonds. The molecule has 23 heavy (non-hydrogen) atoms. The first kappa shape index (κ1) is 18.2. The Morgan fingerprint density at radius 1 is 1.26 bits per heavy atom. The van der Waals surface area contributed by atoms with Crippen molar-refractivity contribution >= 4 is 21.8 Å². The Morgan fingerprint density at radius 3 is 2.57 bits per heavy atom. The molecule has 2 rings (SSSR count). The summed E-state index contributed by atoms with van der Waals surface area (Å²) in [6.07, 6.45) is 5.06. The van der Waals surface area contributed by atoms with E-state index in [0.29, 0.717) is 19.0 Å². The molecule has 0 spiro atoms. The number of sulfonamides is 1. The highest BCUT2D eigenvalue weighted by Gasteiger charge is 2.38. The largest absolute Gasteiger partial charge is 0.355 e. The molecule has 132 valence electrons. The molecule has 0 aromatic heterocycles. The van der Waals surface area contributed by atoms with Gasteiger partial charge in [-0.25, -0.2) is 13.1 Å². The summed E-state index contributed by atoms with van der Waals surface area (Å²) in [6.45, 7) is 3.31. The number of piperidine rings is 1. The fraction of sp³-hybridized carbons (Fsp3) is 0.867. The lowest BCUT2D eigenvalue weighted by Gasteiger charge is -2.36. The molecule has 0 bridgehead atoms. The standard InChI is InChI=1S/C15H27N3O4S/c1-11-9-13(11)15(20)16-7-6-14(19)18-8-4-3-5-12(18)10-17-23(2,21)22/h11-13,17H,3-10H2,1-2H3,(H,16,20)/t11-,12-,13-/m1/s1. The molecule has 7 nitrogen and oxygen atoms in total. The fourth-order valence-corrected chi connectivity index (χ4v) is 3.54. The first-order valence-electron chi connectivity index (χ1n) is 8.29. The summed E-state index contributed by atoms with van der Waals surface area (Å²) >= 11 is 0. The van der Waals surface area contributed by atoms with Crippen molar-refractivity contribution < 1.29 is 18.0 Å². The molecule has 1 aliphatic heterocycles. The number of rotatable bonds is 7. The summed E-state index contributed by atoms with van der Waals surface area (Å²) in [6, 6.07) is -0.0925. The number of hydrogen-bond acceptors (Lipinski definition) is 4. The van der Waals surface area contributed by atoms with Gasteiger partial charge in [-0.15, -0.1) is 0 Å². The van der Waals surface area contributed by atoms with Gasteiger partial charge < -0.3 is 10.2 Å². The van der Waals surface area contributed by atoms with Crippen LogP contribution in [0.3, 0.4) is 0 Å². The van der Waals surface area contributed by atoms with Crippen LogP contribution in [0, 0.1) is 11.8 Å². The molecule has 0 radical (unpaired) electrons. The molecule has 1 aliphatic carbocycles. The summed E-state index contributed by atoms with van der Waals surface area (Å²) in [4.78, 5) is 25.9. The van der Waals surface area contributed by atoms with Crippen LogP contribution in [-0.4, -0.2) is 57.1 Å². The highest BCUT2D eigenvalue weighted by Crippen LogP contribution is 2.37. The van der Waals surface area contributed by atoms with Crippen LogP contribution < -0.4 is 10.0 Å². The minimum atomic E-state index is -3.25. The maximum Gasteiger partial charge on any atom is 0.224 e. The van der Waals surface area contributed by atoms with Crippen LogP contribution in [0.25, 0.3) is 0 Å². The SMILES string of the molecule is C[C@@H]1C[C@H]1C(=O)NCCC(=O)N1CCCC[C@@H]1CNS(C)(=O)=O. The molecule has 1 heterocycles. The maximum atomic E-state index is 12.4. The lowest BCUT2D eigenvalue weighted by Crippen LogP contribution is -2.49. The number of likely N-dealkylation sites (tertiary alicyclic amines) is 1. The third-order valence-electron chi connectivity index (χ3n) is 4.61. The second-order valence-corrected chi connectivity index (χ2v) is 8.55. The summed E-state index contributed by atoms with van der Waals surface area (Å²) < 4.78 is 25.0. The van der Waals surface area contributed by atoms with E-state index in [9.17, 15) is 18.0 Å². The molecule has 2 N–H and O–H groups in total. The van der Waals surface area contributed by atoms with Gasteiger partial charge in [0.2, 0.25) is 21.8 Å². The molecule has 2 fully saturated rings. The fourth-order valence-electron chi connectivity index (χ4n) is 3.04. The maximum absolute atomic E-state index is 12.4. The number of nitrogens with one attached hydrogen (secondary N) is 2. The molecule has 0 aromatic carbocycles. The monoisotopic (exact) mass is 345 g/mol. The Morgan fingerprint density at radius 2 is 1.96 bits per heavy atom. The zero-order chi connectivity index (χ0) is 17.0. The van der Waals surface area contributed by atoms with Gasteiger partial charge in [0.25, 0.3) is 0 Å². The lowest BCUT2D eigenvalue weighted by atomic mass is 10.0. The lowest BCUT2D eigenvalue weighted by molar-refractivity contribution is -0.134. The van der Waals surface area contributed by atoms with Gasteiger partial charge in [-0.1, -0.05) is 6.92 Å². The van der Waals surface area contributed by atoms with Crippen LogP contribution in [0.1, 0.15) is 39.0 Å². The van der Waals surface area contributed by atoms with E-state index in [1.54, 1.807) is 4.90 Å². The summed E-state index contributed by atoms with van der Waals surface area (Å²) in [5.74, 6) is 0.597. The molecule has 1 saturated heterocycles. The molecule has 1 saturated carbocycles. The van der Waals surface area contributed by atoms with Crippen LogP contribution in [0.4, 0.5) is 0 Å². The van der Waals surface area contributed by atoms with E-state index in [4.69, 9.17) is 0 Å². The number of carbonyl (C=O) groups is 2. The van der Waals surface area contributed by atoms with E-state index >= 15 is 0 Å². The molecule has 8 heteroatoms. The van der Waals surface area contributed by atoms with Crippen molar-refractivity contribution in [3.63, 3.8) is 0 Å². The molecule has 0 aromatic rings. The predicted molar refractivity (Wildman–Crippen MR) is 87.1 cm³/mol. The third-order valence-corrected chi connectivity index (χ3v) is 5.30. The summed E-state index contributed by atoms with van der Waals surface area (Å²) in [5, 5.41) is 2.82. The molecule has 2 aliphatic rings. The van der Waals surface area contributed by atoms with E-state index in [2.05, 4.69) is 10.0 Å². The zero-order valence-electron chi connectivity index (χ0n) is 13.9. The van der Waals surface area contributed by atoms with Crippen molar-refractivity contribution in [1.29, 1.82) is 0 Å². The van der Waals surface area contributed by atoms with Gasteiger partial charge in [0, 0.05) is 38.0 Å². The van der Waals surface area contributed by atoms with Gasteiger partial charge in [-0.3, -0.25) is 9.59 Å². The molecular formula is C15H27N3O4S. The van der Waals surface area contributed by atoms with E-state index in [-0.39, 0.29) is 36.7 Å². The van der Waals surface area contributed by atoms with Crippen molar-refractivity contribution in [2.45, 2.75) is 45.1 Å². The van der Waals surface area contributed by atoms with Crippen molar-refractivity contribution in [2.24, 2.45) is 11.8 Å². The number of amides is 2. The second-order valence-electron chi connectivity index (χ2n) is 6.72. The second kappa shape index (κ2) is 7.61. The third kappa shape index (κ3) is 5.76. The molecular weight excluding hydrogens is 318 g/mol. The van der Waals surface area contributed by atoms with Gasteiger partial charge in [0.1, 0.15) is 0 Å².